The summed E-state index contributed by atoms with van der Waals surface area (Å²) in [7, 11) is 0. The summed E-state index contributed by atoms with van der Waals surface area (Å²) in [4.78, 5) is 0.790. The SMILES string of the molecule is Cc1cc(CSc2cc(N)cc(F)c2)no1. The molecule has 0 saturated carbocycles. The van der Waals surface area contributed by atoms with Crippen molar-refractivity contribution in [2.75, 3.05) is 5.73 Å². The quantitative estimate of drug-likeness (QED) is 0.659. The average molecular weight is 238 g/mol. The van der Waals surface area contributed by atoms with E-state index in [1.807, 2.05) is 13.0 Å². The number of thioether (sulfide) groups is 1. The minimum Gasteiger partial charge on any atom is -0.399 e. The maximum absolute atomic E-state index is 13.0. The molecule has 5 heteroatoms. The molecule has 2 rings (SSSR count). The summed E-state index contributed by atoms with van der Waals surface area (Å²) in [6.45, 7) is 1.83. The fourth-order valence-corrected chi connectivity index (χ4v) is 2.18. The molecule has 0 amide bonds. The second-order valence-corrected chi connectivity index (χ2v) is 4.49. The molecule has 84 valence electrons. The lowest BCUT2D eigenvalue weighted by Gasteiger charge is -2.01. The van der Waals surface area contributed by atoms with Crippen molar-refractivity contribution in [1.82, 2.24) is 5.16 Å². The van der Waals surface area contributed by atoms with Crippen LogP contribution in [0.1, 0.15) is 11.5 Å². The summed E-state index contributed by atoms with van der Waals surface area (Å²) in [5, 5.41) is 3.85. The van der Waals surface area contributed by atoms with E-state index in [1.165, 1.54) is 23.9 Å². The van der Waals surface area contributed by atoms with E-state index in [9.17, 15) is 4.39 Å². The molecule has 2 N–H and O–H groups in total. The Kier molecular flexibility index (Phi) is 3.14. The normalized spacial score (nSPS) is 10.6. The second kappa shape index (κ2) is 4.57. The molecule has 0 aliphatic heterocycles. The number of anilines is 1. The Balaban J connectivity index is 2.04. The molecule has 0 atom stereocenters. The molecule has 1 aromatic heterocycles. The minimum atomic E-state index is -0.321. The lowest BCUT2D eigenvalue weighted by atomic mass is 10.3. The average Bonchev–Trinajstić information content (AvgIpc) is 2.60. The monoisotopic (exact) mass is 238 g/mol. The summed E-state index contributed by atoms with van der Waals surface area (Å²) in [6, 6.07) is 6.34. The number of benzene rings is 1. The van der Waals surface area contributed by atoms with Crippen molar-refractivity contribution in [2.24, 2.45) is 0 Å². The first-order chi connectivity index (χ1) is 7.63. The van der Waals surface area contributed by atoms with Crippen LogP contribution in [0.2, 0.25) is 0 Å². The van der Waals surface area contributed by atoms with E-state index in [4.69, 9.17) is 10.3 Å². The van der Waals surface area contributed by atoms with Crippen molar-refractivity contribution in [3.05, 3.63) is 41.5 Å². The van der Waals surface area contributed by atoms with Crippen molar-refractivity contribution < 1.29 is 8.91 Å². The van der Waals surface area contributed by atoms with Gasteiger partial charge >= 0.3 is 0 Å². The molecule has 0 aliphatic carbocycles. The summed E-state index contributed by atoms with van der Waals surface area (Å²) in [6.07, 6.45) is 0. The lowest BCUT2D eigenvalue weighted by molar-refractivity contribution is 0.393. The van der Waals surface area contributed by atoms with Crippen LogP contribution in [0.15, 0.2) is 33.7 Å². The van der Waals surface area contributed by atoms with Crippen LogP contribution in [0, 0.1) is 12.7 Å². The maximum Gasteiger partial charge on any atom is 0.133 e. The lowest BCUT2D eigenvalue weighted by Crippen LogP contribution is -1.87. The van der Waals surface area contributed by atoms with Gasteiger partial charge in [0.25, 0.3) is 0 Å². The van der Waals surface area contributed by atoms with E-state index in [-0.39, 0.29) is 5.82 Å². The molecule has 0 fully saturated rings. The summed E-state index contributed by atoms with van der Waals surface area (Å²) in [5.74, 6) is 1.09. The number of nitrogens with zero attached hydrogens (tertiary/aromatic N) is 1. The zero-order valence-corrected chi connectivity index (χ0v) is 9.55. The first kappa shape index (κ1) is 11.0. The smallest absolute Gasteiger partial charge is 0.133 e. The Morgan fingerprint density at radius 3 is 2.81 bits per heavy atom. The molecule has 2 aromatic rings. The molecular formula is C11H11FN2OS. The van der Waals surface area contributed by atoms with Gasteiger partial charge in [0.1, 0.15) is 11.6 Å². The van der Waals surface area contributed by atoms with Crippen LogP contribution in [-0.4, -0.2) is 5.16 Å². The van der Waals surface area contributed by atoms with E-state index < -0.39 is 0 Å². The number of halogens is 1. The zero-order valence-electron chi connectivity index (χ0n) is 8.74. The van der Waals surface area contributed by atoms with Gasteiger partial charge in [-0.2, -0.15) is 0 Å². The van der Waals surface area contributed by atoms with E-state index in [2.05, 4.69) is 5.16 Å². The third-order valence-electron chi connectivity index (χ3n) is 1.96. The van der Waals surface area contributed by atoms with Crippen LogP contribution in [0.5, 0.6) is 0 Å². The number of rotatable bonds is 3. The van der Waals surface area contributed by atoms with Gasteiger partial charge in [-0.3, -0.25) is 0 Å². The fourth-order valence-electron chi connectivity index (χ4n) is 1.31. The van der Waals surface area contributed by atoms with Crippen molar-refractivity contribution in [2.45, 2.75) is 17.6 Å². The maximum atomic E-state index is 13.0. The van der Waals surface area contributed by atoms with Gasteiger partial charge in [-0.15, -0.1) is 11.8 Å². The number of hydrogen-bond donors (Lipinski definition) is 1. The Hall–Kier alpha value is -1.49. The topological polar surface area (TPSA) is 52.0 Å². The minimum absolute atomic E-state index is 0.321. The largest absolute Gasteiger partial charge is 0.399 e. The standard InChI is InChI=1S/C11H11FN2OS/c1-7-2-10(14-15-7)6-16-11-4-8(12)3-9(13)5-11/h2-5H,6,13H2,1H3. The molecule has 0 unspecified atom stereocenters. The molecular weight excluding hydrogens is 227 g/mol. The van der Waals surface area contributed by atoms with Crippen molar-refractivity contribution >= 4 is 17.4 Å². The number of nitrogen functional groups attached to an aromatic ring is 1. The van der Waals surface area contributed by atoms with Gasteiger partial charge < -0.3 is 10.3 Å². The van der Waals surface area contributed by atoms with E-state index >= 15 is 0 Å². The Bertz CT molecular complexity index is 478. The second-order valence-electron chi connectivity index (χ2n) is 3.44. The van der Waals surface area contributed by atoms with Crippen LogP contribution in [-0.2, 0) is 5.75 Å². The summed E-state index contributed by atoms with van der Waals surface area (Å²) in [5.41, 5.74) is 6.81. The third-order valence-corrected chi connectivity index (χ3v) is 2.97. The third kappa shape index (κ3) is 2.76. The summed E-state index contributed by atoms with van der Waals surface area (Å²) >= 11 is 1.47. The molecule has 0 radical (unpaired) electrons. The van der Waals surface area contributed by atoms with Gasteiger partial charge in [0.05, 0.1) is 5.69 Å². The predicted octanol–water partition coefficient (Wildman–Crippen LogP) is 3.00. The Morgan fingerprint density at radius 2 is 2.19 bits per heavy atom. The highest BCUT2D eigenvalue weighted by Crippen LogP contribution is 2.25. The van der Waals surface area contributed by atoms with Crippen molar-refractivity contribution in [3.8, 4) is 0 Å². The fraction of sp³-hybridized carbons (Fsp3) is 0.182. The molecule has 0 aliphatic rings. The molecule has 16 heavy (non-hydrogen) atoms. The van der Waals surface area contributed by atoms with E-state index in [0.29, 0.717) is 11.4 Å². The molecule has 0 bridgehead atoms. The van der Waals surface area contributed by atoms with Crippen molar-refractivity contribution in [3.63, 3.8) is 0 Å². The van der Waals surface area contributed by atoms with Gasteiger partial charge in [0.15, 0.2) is 0 Å². The van der Waals surface area contributed by atoms with Crippen LogP contribution in [0.25, 0.3) is 0 Å². The molecule has 0 spiro atoms. The number of nitrogens with two attached hydrogens (primary N) is 1. The van der Waals surface area contributed by atoms with E-state index in [1.54, 1.807) is 6.07 Å². The van der Waals surface area contributed by atoms with Gasteiger partial charge in [0.2, 0.25) is 0 Å². The van der Waals surface area contributed by atoms with Gasteiger partial charge in [-0.1, -0.05) is 5.16 Å². The number of aromatic nitrogens is 1. The van der Waals surface area contributed by atoms with Crippen molar-refractivity contribution in [1.29, 1.82) is 0 Å². The van der Waals surface area contributed by atoms with Gasteiger partial charge in [-0.25, -0.2) is 4.39 Å². The molecule has 0 saturated heterocycles. The highest BCUT2D eigenvalue weighted by Gasteiger charge is 2.03. The summed E-state index contributed by atoms with van der Waals surface area (Å²) < 4.78 is 18.0. The van der Waals surface area contributed by atoms with Crippen LogP contribution in [0.4, 0.5) is 10.1 Å². The molecule has 1 aromatic carbocycles. The number of aryl methyl sites for hydroxylation is 1. The first-order valence-electron chi connectivity index (χ1n) is 4.74. The van der Waals surface area contributed by atoms with Gasteiger partial charge in [-0.05, 0) is 25.1 Å². The Morgan fingerprint density at radius 1 is 1.38 bits per heavy atom. The van der Waals surface area contributed by atoms with E-state index in [0.717, 1.165) is 16.3 Å². The zero-order chi connectivity index (χ0) is 11.5. The van der Waals surface area contributed by atoms with Crippen LogP contribution >= 0.6 is 11.8 Å². The number of hydrogen-bond acceptors (Lipinski definition) is 4. The molecule has 3 nitrogen and oxygen atoms in total. The Labute approximate surface area is 96.8 Å². The van der Waals surface area contributed by atoms with Crippen LogP contribution < -0.4 is 5.73 Å². The highest BCUT2D eigenvalue weighted by atomic mass is 32.2. The van der Waals surface area contributed by atoms with Gasteiger partial charge in [0, 0.05) is 22.4 Å². The highest BCUT2D eigenvalue weighted by molar-refractivity contribution is 7.98. The predicted molar refractivity (Wildman–Crippen MR) is 61.6 cm³/mol. The first-order valence-corrected chi connectivity index (χ1v) is 5.73. The molecule has 1 heterocycles. The van der Waals surface area contributed by atoms with Crippen LogP contribution in [0.3, 0.4) is 0 Å².